The summed E-state index contributed by atoms with van der Waals surface area (Å²) in [6, 6.07) is 0. The Labute approximate surface area is 75.1 Å². The fraction of sp³-hybridized carbons (Fsp3) is 0.375. The van der Waals surface area contributed by atoms with Crippen molar-refractivity contribution >= 4 is 11.2 Å². The third-order valence-corrected chi connectivity index (χ3v) is 1.74. The van der Waals surface area contributed by atoms with Crippen molar-refractivity contribution in [3.63, 3.8) is 0 Å². The molecule has 0 saturated carbocycles. The van der Waals surface area contributed by atoms with Crippen LogP contribution in [0.1, 0.15) is 6.92 Å². The lowest BCUT2D eigenvalue weighted by atomic mass is 10.4. The number of rotatable bonds is 2. The quantitative estimate of drug-likeness (QED) is 0.713. The average molecular weight is 178 g/mol. The Hall–Kier alpha value is -1.49. The second kappa shape index (κ2) is 3.10. The summed E-state index contributed by atoms with van der Waals surface area (Å²) in [5, 5.41) is 9.19. The van der Waals surface area contributed by atoms with Crippen LogP contribution in [-0.2, 0) is 6.54 Å². The summed E-state index contributed by atoms with van der Waals surface area (Å²) in [4.78, 5) is 12.0. The molecule has 0 aliphatic rings. The molecule has 5 nitrogen and oxygen atoms in total. The molecule has 0 amide bonds. The SMILES string of the molecule is CC(O)Cn1cnc2cncnc21. The molecule has 0 saturated heterocycles. The second-order valence-corrected chi connectivity index (χ2v) is 2.98. The van der Waals surface area contributed by atoms with Crippen LogP contribution in [0.2, 0.25) is 0 Å². The number of hydrogen-bond donors (Lipinski definition) is 1. The first kappa shape index (κ1) is 8.12. The first-order valence-electron chi connectivity index (χ1n) is 4.06. The lowest BCUT2D eigenvalue weighted by Gasteiger charge is -2.04. The minimum absolute atomic E-state index is 0.396. The van der Waals surface area contributed by atoms with Gasteiger partial charge >= 0.3 is 0 Å². The Balaban J connectivity index is 2.46. The molecular weight excluding hydrogens is 168 g/mol. The van der Waals surface area contributed by atoms with Gasteiger partial charge in [-0.05, 0) is 6.92 Å². The van der Waals surface area contributed by atoms with Crippen molar-refractivity contribution in [1.82, 2.24) is 19.5 Å². The van der Waals surface area contributed by atoms with Crippen LogP contribution in [0.15, 0.2) is 18.9 Å². The monoisotopic (exact) mass is 178 g/mol. The predicted octanol–water partition coefficient (Wildman–Crippen LogP) is 0.207. The number of nitrogens with zero attached hydrogens (tertiary/aromatic N) is 4. The molecule has 0 radical (unpaired) electrons. The Kier molecular flexibility index (Phi) is 1.94. The van der Waals surface area contributed by atoms with E-state index in [0.717, 1.165) is 11.2 Å². The van der Waals surface area contributed by atoms with Crippen molar-refractivity contribution in [1.29, 1.82) is 0 Å². The predicted molar refractivity (Wildman–Crippen MR) is 47.0 cm³/mol. The second-order valence-electron chi connectivity index (χ2n) is 2.98. The van der Waals surface area contributed by atoms with E-state index in [-0.39, 0.29) is 0 Å². The fourth-order valence-corrected chi connectivity index (χ4v) is 1.23. The van der Waals surface area contributed by atoms with Crippen LogP contribution in [0.5, 0.6) is 0 Å². The summed E-state index contributed by atoms with van der Waals surface area (Å²) in [6.45, 7) is 2.24. The molecule has 1 N–H and O–H groups in total. The lowest BCUT2D eigenvalue weighted by molar-refractivity contribution is 0.175. The highest BCUT2D eigenvalue weighted by atomic mass is 16.3. The van der Waals surface area contributed by atoms with Gasteiger partial charge < -0.3 is 9.67 Å². The van der Waals surface area contributed by atoms with E-state index in [2.05, 4.69) is 15.0 Å². The fourth-order valence-electron chi connectivity index (χ4n) is 1.23. The van der Waals surface area contributed by atoms with Crippen molar-refractivity contribution in [3.05, 3.63) is 18.9 Å². The van der Waals surface area contributed by atoms with Crippen molar-refractivity contribution in [2.24, 2.45) is 0 Å². The van der Waals surface area contributed by atoms with Gasteiger partial charge in [0.15, 0.2) is 5.65 Å². The summed E-state index contributed by atoms with van der Waals surface area (Å²) >= 11 is 0. The summed E-state index contributed by atoms with van der Waals surface area (Å²) in [5.74, 6) is 0. The number of aromatic nitrogens is 4. The van der Waals surface area contributed by atoms with E-state index in [1.807, 2.05) is 4.57 Å². The van der Waals surface area contributed by atoms with Gasteiger partial charge in [-0.25, -0.2) is 15.0 Å². The molecule has 0 aliphatic heterocycles. The normalized spacial score (nSPS) is 13.4. The maximum absolute atomic E-state index is 9.19. The molecule has 2 aromatic rings. The van der Waals surface area contributed by atoms with Crippen LogP contribution in [0, 0.1) is 0 Å². The Morgan fingerprint density at radius 1 is 1.54 bits per heavy atom. The van der Waals surface area contributed by atoms with Gasteiger partial charge in [-0.2, -0.15) is 0 Å². The van der Waals surface area contributed by atoms with Gasteiger partial charge in [0.2, 0.25) is 0 Å². The van der Waals surface area contributed by atoms with Gasteiger partial charge in [-0.3, -0.25) is 0 Å². The van der Waals surface area contributed by atoms with Crippen molar-refractivity contribution in [3.8, 4) is 0 Å². The van der Waals surface area contributed by atoms with E-state index >= 15 is 0 Å². The molecule has 0 fully saturated rings. The number of hydrogen-bond acceptors (Lipinski definition) is 4. The number of fused-ring (bicyclic) bond motifs is 1. The molecule has 2 rings (SSSR count). The van der Waals surface area contributed by atoms with E-state index in [1.54, 1.807) is 19.4 Å². The van der Waals surface area contributed by atoms with E-state index in [1.165, 1.54) is 6.33 Å². The molecule has 68 valence electrons. The standard InChI is InChI=1S/C8H10N4O/c1-6(13)3-12-5-11-7-2-9-4-10-8(7)12/h2,4-6,13H,3H2,1H3. The molecule has 0 spiro atoms. The highest BCUT2D eigenvalue weighted by Crippen LogP contribution is 2.07. The minimum Gasteiger partial charge on any atom is -0.392 e. The zero-order valence-electron chi connectivity index (χ0n) is 7.25. The lowest BCUT2D eigenvalue weighted by Crippen LogP contribution is -2.11. The minimum atomic E-state index is -0.396. The number of imidazole rings is 1. The van der Waals surface area contributed by atoms with E-state index in [9.17, 15) is 5.11 Å². The Morgan fingerprint density at radius 3 is 3.15 bits per heavy atom. The first-order valence-corrected chi connectivity index (χ1v) is 4.06. The maximum atomic E-state index is 9.19. The van der Waals surface area contributed by atoms with Crippen molar-refractivity contribution in [2.75, 3.05) is 0 Å². The summed E-state index contributed by atoms with van der Waals surface area (Å²) in [7, 11) is 0. The molecule has 2 aromatic heterocycles. The van der Waals surface area contributed by atoms with Gasteiger partial charge in [0.05, 0.1) is 25.2 Å². The molecule has 1 unspecified atom stereocenters. The molecule has 0 aliphatic carbocycles. The zero-order chi connectivity index (χ0) is 9.26. The summed E-state index contributed by atoms with van der Waals surface area (Å²) < 4.78 is 1.81. The largest absolute Gasteiger partial charge is 0.392 e. The molecule has 1 atom stereocenters. The topological polar surface area (TPSA) is 63.8 Å². The smallest absolute Gasteiger partial charge is 0.163 e. The molecule has 5 heteroatoms. The maximum Gasteiger partial charge on any atom is 0.163 e. The van der Waals surface area contributed by atoms with Crippen LogP contribution in [0.3, 0.4) is 0 Å². The van der Waals surface area contributed by atoms with Crippen LogP contribution >= 0.6 is 0 Å². The van der Waals surface area contributed by atoms with Crippen LogP contribution < -0.4 is 0 Å². The van der Waals surface area contributed by atoms with Gasteiger partial charge in [0.25, 0.3) is 0 Å². The Morgan fingerprint density at radius 2 is 2.38 bits per heavy atom. The van der Waals surface area contributed by atoms with Crippen molar-refractivity contribution < 1.29 is 5.11 Å². The van der Waals surface area contributed by atoms with E-state index < -0.39 is 6.10 Å². The summed E-state index contributed by atoms with van der Waals surface area (Å²) in [5.41, 5.74) is 1.51. The van der Waals surface area contributed by atoms with E-state index in [4.69, 9.17) is 0 Å². The highest BCUT2D eigenvalue weighted by molar-refractivity contribution is 5.68. The van der Waals surface area contributed by atoms with Crippen LogP contribution in [0.25, 0.3) is 11.2 Å². The third-order valence-electron chi connectivity index (χ3n) is 1.74. The van der Waals surface area contributed by atoms with Crippen LogP contribution in [0.4, 0.5) is 0 Å². The molecule has 0 bridgehead atoms. The van der Waals surface area contributed by atoms with Crippen LogP contribution in [-0.4, -0.2) is 30.7 Å². The first-order chi connectivity index (χ1) is 6.27. The van der Waals surface area contributed by atoms with Gasteiger partial charge in [0, 0.05) is 0 Å². The molecule has 0 aromatic carbocycles. The molecular formula is C8H10N4O. The third kappa shape index (κ3) is 1.50. The van der Waals surface area contributed by atoms with Gasteiger partial charge in [-0.15, -0.1) is 0 Å². The number of aliphatic hydroxyl groups excluding tert-OH is 1. The van der Waals surface area contributed by atoms with Gasteiger partial charge in [0.1, 0.15) is 11.8 Å². The Bertz CT molecular complexity index is 409. The molecule has 13 heavy (non-hydrogen) atoms. The van der Waals surface area contributed by atoms with Gasteiger partial charge in [-0.1, -0.05) is 0 Å². The highest BCUT2D eigenvalue weighted by Gasteiger charge is 2.04. The zero-order valence-corrected chi connectivity index (χ0v) is 7.25. The van der Waals surface area contributed by atoms with E-state index in [0.29, 0.717) is 6.54 Å². The average Bonchev–Trinajstić information content (AvgIpc) is 2.48. The molecule has 2 heterocycles. The number of aliphatic hydroxyl groups is 1. The van der Waals surface area contributed by atoms with Crippen molar-refractivity contribution in [2.45, 2.75) is 19.6 Å². The summed E-state index contributed by atoms with van der Waals surface area (Å²) in [6.07, 6.45) is 4.39.